The van der Waals surface area contributed by atoms with Gasteiger partial charge in [0.05, 0.1) is 18.1 Å². The number of nitrogens with two attached hydrogens (primary N) is 1. The van der Waals surface area contributed by atoms with Crippen LogP contribution < -0.4 is 10.8 Å². The molecule has 0 saturated carbocycles. The van der Waals surface area contributed by atoms with Crippen molar-refractivity contribution in [3.8, 4) is 0 Å². The van der Waals surface area contributed by atoms with Crippen LogP contribution in [0.4, 0.5) is 0 Å². The van der Waals surface area contributed by atoms with Crippen molar-refractivity contribution in [2.45, 2.75) is 26.0 Å². The lowest BCUT2D eigenvalue weighted by atomic mass is 10.0. The average molecular weight is 146 g/mol. The van der Waals surface area contributed by atoms with Crippen molar-refractivity contribution in [3.63, 3.8) is 0 Å². The molecule has 3 N–H and O–H groups in total. The number of carboxylic acids is 1. The number of hydrogen-bond donors (Lipinski definition) is 2. The van der Waals surface area contributed by atoms with Crippen LogP contribution in [0.15, 0.2) is 0 Å². The zero-order valence-corrected chi connectivity index (χ0v) is 6.07. The predicted octanol–water partition coefficient (Wildman–Crippen LogP) is -1.92. The van der Waals surface area contributed by atoms with Crippen molar-refractivity contribution in [2.24, 2.45) is 11.7 Å². The number of carboxylic acid groups (broad SMARTS) is 1. The first-order chi connectivity index (χ1) is 4.46. The number of carbonyl (C=O) groups excluding carboxylic acids is 1. The third kappa shape index (κ3) is 2.33. The summed E-state index contributed by atoms with van der Waals surface area (Å²) >= 11 is 0. The molecule has 0 radical (unpaired) electrons. The Kier molecular flexibility index (Phi) is 3.32. The molecule has 0 bridgehead atoms. The molecule has 0 heterocycles. The van der Waals surface area contributed by atoms with E-state index in [9.17, 15) is 9.90 Å². The first kappa shape index (κ1) is 9.39. The molecule has 0 rings (SSSR count). The second-order valence-electron chi connectivity index (χ2n) is 2.58. The molecule has 0 saturated heterocycles. The number of aliphatic hydroxyl groups is 1. The second kappa shape index (κ2) is 3.53. The SMILES string of the molecule is CC(C)[C@@H](O)[C@@H](N)C(=O)[O-]. The van der Waals surface area contributed by atoms with E-state index in [-0.39, 0.29) is 5.92 Å². The van der Waals surface area contributed by atoms with Crippen molar-refractivity contribution >= 4 is 5.97 Å². The van der Waals surface area contributed by atoms with Crippen molar-refractivity contribution < 1.29 is 15.0 Å². The van der Waals surface area contributed by atoms with E-state index in [1.54, 1.807) is 13.8 Å². The van der Waals surface area contributed by atoms with Crippen LogP contribution >= 0.6 is 0 Å². The van der Waals surface area contributed by atoms with E-state index < -0.39 is 18.1 Å². The maximum atomic E-state index is 10.0. The Labute approximate surface area is 59.7 Å². The van der Waals surface area contributed by atoms with E-state index in [0.717, 1.165) is 0 Å². The van der Waals surface area contributed by atoms with E-state index in [1.807, 2.05) is 0 Å². The third-order valence-corrected chi connectivity index (χ3v) is 1.32. The first-order valence-corrected chi connectivity index (χ1v) is 3.11. The molecule has 0 amide bonds. The number of rotatable bonds is 3. The molecule has 0 spiro atoms. The molecule has 4 heteroatoms. The number of hydrogen-bond acceptors (Lipinski definition) is 4. The van der Waals surface area contributed by atoms with Gasteiger partial charge in [0, 0.05) is 0 Å². The molecule has 0 unspecified atom stereocenters. The molecule has 10 heavy (non-hydrogen) atoms. The van der Waals surface area contributed by atoms with Crippen LogP contribution in [0.25, 0.3) is 0 Å². The van der Waals surface area contributed by atoms with Gasteiger partial charge in [0.15, 0.2) is 0 Å². The Morgan fingerprint density at radius 2 is 2.00 bits per heavy atom. The highest BCUT2D eigenvalue weighted by Crippen LogP contribution is 2.03. The molecule has 2 atom stereocenters. The van der Waals surface area contributed by atoms with Gasteiger partial charge in [0.2, 0.25) is 0 Å². The second-order valence-corrected chi connectivity index (χ2v) is 2.58. The summed E-state index contributed by atoms with van der Waals surface area (Å²) in [6.45, 7) is 3.38. The summed E-state index contributed by atoms with van der Waals surface area (Å²) in [5.74, 6) is -1.57. The minimum absolute atomic E-state index is 0.159. The quantitative estimate of drug-likeness (QED) is 0.486. The molecular weight excluding hydrogens is 134 g/mol. The Hall–Kier alpha value is -0.610. The zero-order chi connectivity index (χ0) is 8.31. The van der Waals surface area contributed by atoms with Crippen LogP contribution in [0.2, 0.25) is 0 Å². The molecule has 0 aliphatic rings. The summed E-state index contributed by atoms with van der Waals surface area (Å²) < 4.78 is 0. The minimum atomic E-state index is -1.42. The molecule has 4 nitrogen and oxygen atoms in total. The van der Waals surface area contributed by atoms with Crippen LogP contribution in [0, 0.1) is 5.92 Å². The maximum absolute atomic E-state index is 10.0. The Morgan fingerprint density at radius 1 is 1.60 bits per heavy atom. The van der Waals surface area contributed by atoms with Gasteiger partial charge in [-0.3, -0.25) is 0 Å². The summed E-state index contributed by atoms with van der Waals surface area (Å²) in [5.41, 5.74) is 5.05. The van der Waals surface area contributed by atoms with E-state index in [1.165, 1.54) is 0 Å². The molecular formula is C6H12NO3-. The fourth-order valence-corrected chi connectivity index (χ4v) is 0.554. The van der Waals surface area contributed by atoms with Gasteiger partial charge >= 0.3 is 0 Å². The van der Waals surface area contributed by atoms with Crippen molar-refractivity contribution in [3.05, 3.63) is 0 Å². The average Bonchev–Trinajstić information content (AvgIpc) is 1.84. The standard InChI is InChI=1S/C6H13NO3/c1-3(2)5(8)4(7)6(9)10/h3-5,8H,7H2,1-2H3,(H,9,10)/p-1/t4-,5-/m1/s1. The molecule has 0 aromatic rings. The highest BCUT2D eigenvalue weighted by Gasteiger charge is 2.18. The highest BCUT2D eigenvalue weighted by molar-refractivity contribution is 5.71. The molecule has 0 aromatic carbocycles. The molecule has 0 fully saturated rings. The molecule has 60 valence electrons. The summed E-state index contributed by atoms with van der Waals surface area (Å²) in [5, 5.41) is 19.1. The normalized spacial score (nSPS) is 16.9. The Bertz CT molecular complexity index is 124. The van der Waals surface area contributed by atoms with Gasteiger partial charge in [0.1, 0.15) is 0 Å². The van der Waals surface area contributed by atoms with Gasteiger partial charge in [-0.15, -0.1) is 0 Å². The van der Waals surface area contributed by atoms with Gasteiger partial charge in [-0.05, 0) is 5.92 Å². The van der Waals surface area contributed by atoms with E-state index >= 15 is 0 Å². The van der Waals surface area contributed by atoms with Crippen LogP contribution in [0.3, 0.4) is 0 Å². The summed E-state index contributed by atoms with van der Waals surface area (Å²) in [4.78, 5) is 10.0. The van der Waals surface area contributed by atoms with Gasteiger partial charge in [-0.1, -0.05) is 13.8 Å². The Morgan fingerprint density at radius 3 is 2.10 bits per heavy atom. The van der Waals surface area contributed by atoms with Crippen molar-refractivity contribution in [1.82, 2.24) is 0 Å². The zero-order valence-electron chi connectivity index (χ0n) is 6.07. The van der Waals surface area contributed by atoms with E-state index in [2.05, 4.69) is 0 Å². The first-order valence-electron chi connectivity index (χ1n) is 3.11. The van der Waals surface area contributed by atoms with Crippen molar-refractivity contribution in [1.29, 1.82) is 0 Å². The smallest absolute Gasteiger partial charge is 0.0767 e. The van der Waals surface area contributed by atoms with Gasteiger partial charge in [-0.25, -0.2) is 0 Å². The van der Waals surface area contributed by atoms with Gasteiger partial charge < -0.3 is 20.7 Å². The molecule has 0 aromatic heterocycles. The molecule has 0 aliphatic carbocycles. The number of aliphatic hydroxyl groups excluding tert-OH is 1. The fraction of sp³-hybridized carbons (Fsp3) is 0.833. The number of aliphatic carboxylic acids is 1. The van der Waals surface area contributed by atoms with Crippen LogP contribution in [0.1, 0.15) is 13.8 Å². The third-order valence-electron chi connectivity index (χ3n) is 1.32. The van der Waals surface area contributed by atoms with Gasteiger partial charge in [0.25, 0.3) is 0 Å². The summed E-state index contributed by atoms with van der Waals surface area (Å²) in [7, 11) is 0. The topological polar surface area (TPSA) is 86.4 Å². The summed E-state index contributed by atoms with van der Waals surface area (Å²) in [6.07, 6.45) is -1.02. The van der Waals surface area contributed by atoms with Crippen molar-refractivity contribution in [2.75, 3.05) is 0 Å². The predicted molar refractivity (Wildman–Crippen MR) is 33.8 cm³/mol. The van der Waals surface area contributed by atoms with E-state index in [0.29, 0.717) is 0 Å². The maximum Gasteiger partial charge on any atom is 0.0767 e. The molecule has 0 aliphatic heterocycles. The highest BCUT2D eigenvalue weighted by atomic mass is 16.4. The van der Waals surface area contributed by atoms with Crippen LogP contribution in [0.5, 0.6) is 0 Å². The largest absolute Gasteiger partial charge is 0.548 e. The minimum Gasteiger partial charge on any atom is -0.548 e. The monoisotopic (exact) mass is 146 g/mol. The lowest BCUT2D eigenvalue weighted by Crippen LogP contribution is -2.51. The van der Waals surface area contributed by atoms with Gasteiger partial charge in [-0.2, -0.15) is 0 Å². The fourth-order valence-electron chi connectivity index (χ4n) is 0.554. The Balaban J connectivity index is 3.94. The van der Waals surface area contributed by atoms with Crippen LogP contribution in [-0.2, 0) is 4.79 Å². The number of carbonyl (C=O) groups is 1. The summed E-state index contributed by atoms with van der Waals surface area (Å²) in [6, 6.07) is -1.28. The van der Waals surface area contributed by atoms with E-state index in [4.69, 9.17) is 10.8 Å². The van der Waals surface area contributed by atoms with Crippen LogP contribution in [-0.4, -0.2) is 23.2 Å². The lowest BCUT2D eigenvalue weighted by Gasteiger charge is -2.22. The lowest BCUT2D eigenvalue weighted by molar-refractivity contribution is -0.309.